The smallest absolute Gasteiger partial charge is 0.294 e. The number of halogens is 2. The quantitative estimate of drug-likeness (QED) is 0.394. The van der Waals surface area contributed by atoms with E-state index in [4.69, 9.17) is 4.74 Å². The van der Waals surface area contributed by atoms with E-state index < -0.39 is 11.1 Å². The zero-order valence-corrected chi connectivity index (χ0v) is 21.7. The van der Waals surface area contributed by atoms with Crippen LogP contribution in [0.4, 0.5) is 4.79 Å². The maximum Gasteiger partial charge on any atom is 0.294 e. The van der Waals surface area contributed by atoms with Crippen LogP contribution in [-0.4, -0.2) is 46.5 Å². The third-order valence-corrected chi connectivity index (χ3v) is 7.51. The van der Waals surface area contributed by atoms with Crippen LogP contribution in [0.15, 0.2) is 56.3 Å². The number of nitrogens with zero attached hydrogens (tertiary/aromatic N) is 2. The van der Waals surface area contributed by atoms with Crippen molar-refractivity contribution in [2.45, 2.75) is 25.9 Å². The Morgan fingerprint density at radius 2 is 1.70 bits per heavy atom. The number of benzene rings is 2. The van der Waals surface area contributed by atoms with Crippen LogP contribution in [0.2, 0.25) is 0 Å². The molecule has 2 fully saturated rings. The third kappa shape index (κ3) is 5.88. The van der Waals surface area contributed by atoms with E-state index in [2.05, 4.69) is 31.9 Å². The summed E-state index contributed by atoms with van der Waals surface area (Å²) >= 11 is 7.92. The van der Waals surface area contributed by atoms with Crippen LogP contribution in [0, 0.1) is 0 Å². The van der Waals surface area contributed by atoms with Gasteiger partial charge in [-0.3, -0.25) is 19.3 Å². The zero-order valence-electron chi connectivity index (χ0n) is 17.8. The first kappa shape index (κ1) is 24.0. The molecular formula is C24H22Br2N2O4S. The minimum atomic E-state index is -0.438. The van der Waals surface area contributed by atoms with E-state index in [-0.39, 0.29) is 12.5 Å². The highest BCUT2D eigenvalue weighted by Gasteiger charge is 2.37. The molecule has 2 aromatic rings. The van der Waals surface area contributed by atoms with Crippen molar-refractivity contribution in [3.05, 3.63) is 67.4 Å². The van der Waals surface area contributed by atoms with Gasteiger partial charge in [0, 0.05) is 13.1 Å². The second kappa shape index (κ2) is 10.9. The molecule has 2 heterocycles. The average molecular weight is 594 g/mol. The van der Waals surface area contributed by atoms with E-state index >= 15 is 0 Å². The topological polar surface area (TPSA) is 66.9 Å². The van der Waals surface area contributed by atoms with E-state index in [0.29, 0.717) is 30.4 Å². The molecule has 2 aromatic carbocycles. The summed E-state index contributed by atoms with van der Waals surface area (Å²) in [4.78, 5) is 40.9. The highest BCUT2D eigenvalue weighted by molar-refractivity contribution is 9.11. The number of hydrogen-bond acceptors (Lipinski definition) is 5. The van der Waals surface area contributed by atoms with Crippen LogP contribution in [-0.2, 0) is 16.2 Å². The largest absolute Gasteiger partial charge is 0.487 e. The molecular weight excluding hydrogens is 572 g/mol. The van der Waals surface area contributed by atoms with Crippen molar-refractivity contribution >= 4 is 66.8 Å². The summed E-state index contributed by atoms with van der Waals surface area (Å²) in [7, 11) is 0. The number of likely N-dealkylation sites (tertiary alicyclic amines) is 1. The summed E-state index contributed by atoms with van der Waals surface area (Å²) in [5, 5.41) is -0.419. The lowest BCUT2D eigenvalue weighted by Crippen LogP contribution is -2.44. The number of hydrogen-bond donors (Lipinski definition) is 0. The molecule has 172 valence electrons. The molecule has 3 amide bonds. The second-order valence-electron chi connectivity index (χ2n) is 7.80. The van der Waals surface area contributed by atoms with Gasteiger partial charge < -0.3 is 9.64 Å². The van der Waals surface area contributed by atoms with Gasteiger partial charge in [-0.1, -0.05) is 30.3 Å². The lowest BCUT2D eigenvalue weighted by Gasteiger charge is -2.27. The predicted octanol–water partition coefficient (Wildman–Crippen LogP) is 5.84. The molecule has 0 atom stereocenters. The Kier molecular flexibility index (Phi) is 7.93. The van der Waals surface area contributed by atoms with Crippen LogP contribution >= 0.6 is 43.6 Å². The van der Waals surface area contributed by atoms with E-state index in [1.54, 1.807) is 11.0 Å². The Balaban J connectivity index is 1.45. The first-order valence-electron chi connectivity index (χ1n) is 10.6. The third-order valence-electron chi connectivity index (χ3n) is 5.42. The summed E-state index contributed by atoms with van der Waals surface area (Å²) < 4.78 is 7.39. The molecule has 9 heteroatoms. The SMILES string of the molecule is O=C(CN1C(=O)S/C(=C\c2cc(Br)c(OCc3ccccc3)c(Br)c2)C1=O)N1CCCCC1. The number of amides is 3. The Morgan fingerprint density at radius 1 is 1.03 bits per heavy atom. The van der Waals surface area contributed by atoms with Crippen LogP contribution < -0.4 is 4.74 Å². The normalized spacial score (nSPS) is 17.7. The summed E-state index contributed by atoms with van der Waals surface area (Å²) in [6.07, 6.45) is 4.69. The number of thioether (sulfide) groups is 1. The summed E-state index contributed by atoms with van der Waals surface area (Å²) in [5.41, 5.74) is 1.78. The van der Waals surface area contributed by atoms with Gasteiger partial charge in [-0.25, -0.2) is 0 Å². The number of piperidine rings is 1. The van der Waals surface area contributed by atoms with Crippen molar-refractivity contribution in [3.63, 3.8) is 0 Å². The molecule has 6 nitrogen and oxygen atoms in total. The fourth-order valence-electron chi connectivity index (χ4n) is 3.70. The number of ether oxygens (including phenoxy) is 1. The molecule has 0 radical (unpaired) electrons. The predicted molar refractivity (Wildman–Crippen MR) is 136 cm³/mol. The van der Waals surface area contributed by atoms with E-state index in [1.165, 1.54) is 0 Å². The van der Waals surface area contributed by atoms with Crippen LogP contribution in [0.25, 0.3) is 6.08 Å². The molecule has 0 aromatic heterocycles. The molecule has 2 saturated heterocycles. The molecule has 4 rings (SSSR count). The van der Waals surface area contributed by atoms with E-state index in [0.717, 1.165) is 56.0 Å². The van der Waals surface area contributed by atoms with Gasteiger partial charge in [-0.05, 0) is 92.2 Å². The average Bonchev–Trinajstić information content (AvgIpc) is 3.07. The first-order chi connectivity index (χ1) is 15.9. The van der Waals surface area contributed by atoms with E-state index in [9.17, 15) is 14.4 Å². The Bertz CT molecular complexity index is 1080. The first-order valence-corrected chi connectivity index (χ1v) is 13.0. The van der Waals surface area contributed by atoms with Gasteiger partial charge in [0.2, 0.25) is 5.91 Å². The van der Waals surface area contributed by atoms with Crippen molar-refractivity contribution in [1.82, 2.24) is 9.80 Å². The van der Waals surface area contributed by atoms with Gasteiger partial charge in [0.05, 0.1) is 13.9 Å². The highest BCUT2D eigenvalue weighted by Crippen LogP contribution is 2.38. The number of imide groups is 1. The van der Waals surface area contributed by atoms with Crippen molar-refractivity contribution in [3.8, 4) is 5.75 Å². The Morgan fingerprint density at radius 3 is 2.36 bits per heavy atom. The number of rotatable bonds is 6. The van der Waals surface area contributed by atoms with Crippen molar-refractivity contribution in [2.24, 2.45) is 0 Å². The molecule has 0 N–H and O–H groups in total. The van der Waals surface area contributed by atoms with Gasteiger partial charge in [0.25, 0.3) is 11.1 Å². The molecule has 0 bridgehead atoms. The molecule has 0 unspecified atom stereocenters. The van der Waals surface area contributed by atoms with Crippen LogP contribution in [0.3, 0.4) is 0 Å². The number of carbonyl (C=O) groups is 3. The van der Waals surface area contributed by atoms with Crippen molar-refractivity contribution in [2.75, 3.05) is 19.6 Å². The minimum absolute atomic E-state index is 0.177. The van der Waals surface area contributed by atoms with Crippen molar-refractivity contribution in [1.29, 1.82) is 0 Å². The Labute approximate surface area is 213 Å². The Hall–Kier alpha value is -2.10. The van der Waals surface area contributed by atoms with Gasteiger partial charge in [0.1, 0.15) is 18.9 Å². The summed E-state index contributed by atoms with van der Waals surface area (Å²) in [6, 6.07) is 13.5. The van der Waals surface area contributed by atoms with E-state index in [1.807, 2.05) is 42.5 Å². The zero-order chi connectivity index (χ0) is 23.4. The van der Waals surface area contributed by atoms with Crippen LogP contribution in [0.1, 0.15) is 30.4 Å². The fraction of sp³-hybridized carbons (Fsp3) is 0.292. The van der Waals surface area contributed by atoms with Gasteiger partial charge in [0.15, 0.2) is 0 Å². The van der Waals surface area contributed by atoms with Gasteiger partial charge in [-0.15, -0.1) is 0 Å². The maximum atomic E-state index is 12.8. The maximum absolute atomic E-state index is 12.8. The second-order valence-corrected chi connectivity index (χ2v) is 10.5. The van der Waals surface area contributed by atoms with Gasteiger partial charge in [-0.2, -0.15) is 0 Å². The lowest BCUT2D eigenvalue weighted by molar-refractivity contribution is -0.136. The molecule has 0 aliphatic carbocycles. The lowest BCUT2D eigenvalue weighted by atomic mass is 10.1. The standard InChI is InChI=1S/C24H22Br2N2O4S/c25-18-11-17(12-19(26)22(18)32-15-16-7-3-1-4-8-16)13-20-23(30)28(24(31)33-20)14-21(29)27-9-5-2-6-10-27/h1,3-4,7-8,11-13H,2,5-6,9-10,14-15H2/b20-13-. The molecule has 0 saturated carbocycles. The minimum Gasteiger partial charge on any atom is -0.487 e. The highest BCUT2D eigenvalue weighted by atomic mass is 79.9. The van der Waals surface area contributed by atoms with Crippen LogP contribution in [0.5, 0.6) is 5.75 Å². The van der Waals surface area contributed by atoms with Crippen molar-refractivity contribution < 1.29 is 19.1 Å². The fourth-order valence-corrected chi connectivity index (χ4v) is 5.99. The number of carbonyl (C=O) groups excluding carboxylic acids is 3. The summed E-state index contributed by atoms with van der Waals surface area (Å²) in [5.74, 6) is 0.0342. The molecule has 2 aliphatic heterocycles. The molecule has 33 heavy (non-hydrogen) atoms. The van der Waals surface area contributed by atoms with Gasteiger partial charge >= 0.3 is 0 Å². The summed E-state index contributed by atoms with van der Waals surface area (Å²) in [6.45, 7) is 1.58. The molecule has 0 spiro atoms. The monoisotopic (exact) mass is 592 g/mol. The molecule has 2 aliphatic rings.